The maximum Gasteiger partial charge on any atom is 0.397 e. The Morgan fingerprint density at radius 3 is 2.22 bits per heavy atom. The van der Waals surface area contributed by atoms with Gasteiger partial charge in [0.25, 0.3) is 0 Å². The van der Waals surface area contributed by atoms with Gasteiger partial charge in [-0.1, -0.05) is 27.4 Å². The molecule has 19 heteroatoms. The molecule has 5 N–H and O–H groups in total. The first-order chi connectivity index (χ1) is 22.2. The molecule has 4 saturated carbocycles. The summed E-state index contributed by atoms with van der Waals surface area (Å²) in [5.74, 6) is -3.25. The second-order valence-corrected chi connectivity index (χ2v) is 16.9. The molecule has 0 aromatic heterocycles. The van der Waals surface area contributed by atoms with Crippen LogP contribution in [0.15, 0.2) is 12.2 Å². The van der Waals surface area contributed by atoms with Gasteiger partial charge in [0.1, 0.15) is 12.2 Å². The Morgan fingerprint density at radius 2 is 1.65 bits per heavy atom. The molecule has 5 fully saturated rings. The zero-order valence-corrected chi connectivity index (χ0v) is 32.8. The number of ether oxygens (including phenoxy) is 3. The number of carbonyl (C=O) groups excluding carboxylic acids is 1. The van der Waals surface area contributed by atoms with Gasteiger partial charge >= 0.3 is 32.7 Å². The van der Waals surface area contributed by atoms with Gasteiger partial charge in [-0.15, -0.1) is 0 Å². The van der Waals surface area contributed by atoms with Gasteiger partial charge in [0.15, 0.2) is 18.5 Å². The van der Waals surface area contributed by atoms with E-state index in [1.807, 2.05) is 6.92 Å². The van der Waals surface area contributed by atoms with Crippen molar-refractivity contribution in [3.05, 3.63) is 12.2 Å². The van der Waals surface area contributed by atoms with Gasteiger partial charge in [0, 0.05) is 63.2 Å². The van der Waals surface area contributed by atoms with Crippen LogP contribution in [0.2, 0.25) is 0 Å². The molecule has 1 aliphatic heterocycles. The molecule has 1 spiro atoms. The van der Waals surface area contributed by atoms with Crippen molar-refractivity contribution in [1.29, 1.82) is 0 Å². The Hall–Kier alpha value is -0.104. The second-order valence-electron chi connectivity index (χ2n) is 14.8. The number of aliphatic carboxylic acids is 1. The van der Waals surface area contributed by atoms with E-state index in [4.69, 9.17) is 18.4 Å². The van der Waals surface area contributed by atoms with E-state index in [1.54, 1.807) is 13.8 Å². The van der Waals surface area contributed by atoms with Crippen molar-refractivity contribution in [3.63, 3.8) is 0 Å². The third-order valence-electron chi connectivity index (χ3n) is 11.5. The molecule has 49 heavy (non-hydrogen) atoms. The fourth-order valence-electron chi connectivity index (χ4n) is 9.82. The number of hydrogen-bond donors (Lipinski definition) is 5. The van der Waals surface area contributed by atoms with Crippen molar-refractivity contribution in [3.8, 4) is 0 Å². The van der Waals surface area contributed by atoms with Crippen LogP contribution >= 0.6 is 0 Å². The Bertz CT molecular complexity index is 1490. The van der Waals surface area contributed by atoms with Crippen molar-refractivity contribution in [2.24, 2.45) is 40.4 Å². The maximum atomic E-state index is 12.9. The first-order valence-electron chi connectivity index (χ1n) is 16.2. The average molecular weight is 766 g/mol. The van der Waals surface area contributed by atoms with Crippen LogP contribution in [0.1, 0.15) is 72.1 Å². The minimum atomic E-state index is -5.42. The maximum absolute atomic E-state index is 12.9. The van der Waals surface area contributed by atoms with Crippen molar-refractivity contribution >= 4 is 84.1 Å². The predicted octanol–water partition coefficient (Wildman–Crippen LogP) is 1.29. The third kappa shape index (κ3) is 8.51. The molecule has 1 saturated heterocycles. The van der Waals surface area contributed by atoms with Crippen LogP contribution in [-0.2, 0) is 53.0 Å². The molecule has 0 aromatic carbocycles. The summed E-state index contributed by atoms with van der Waals surface area (Å²) in [5, 5.41) is 32.0. The molecule has 0 amide bonds. The van der Waals surface area contributed by atoms with Crippen molar-refractivity contribution in [2.45, 2.75) is 115 Å². The normalized spacial score (nSPS) is 42.1. The Morgan fingerprint density at radius 1 is 1.02 bits per heavy atom. The molecule has 1 heterocycles. The fraction of sp³-hybridized carbons (Fsp3) is 0.867. The summed E-state index contributed by atoms with van der Waals surface area (Å²) in [5.41, 5.74) is -0.319. The standard InChI is InChI=1S/C30H46O16S2.K/c1-14(2)9-22(32)44-25-24(46-48(39,40)41)23(45-47(36,37)38)20(13-31)43-28(25)42-17-10-18(27(34)35)19-7-8-30-11-16(15(3)26(30)33)5-6-21(30)29(19,4)12-17;/h14,16-21,23-26,28,31,33H,3,5-13H2,1-2,4H3,(H,34,35)(H,36,37,38)(H,39,40,41);/t16-,17-,18?,19-,20-,21+,23-,24+,25-,26+,28-,29-,30-;/m1./s1. The quantitative estimate of drug-likeness (QED) is 0.0653. The van der Waals surface area contributed by atoms with E-state index in [1.165, 1.54) is 0 Å². The Kier molecular flexibility index (Phi) is 13.0. The van der Waals surface area contributed by atoms with Crippen LogP contribution in [0.25, 0.3) is 0 Å². The first-order valence-corrected chi connectivity index (χ1v) is 18.9. The number of carbonyl (C=O) groups is 2. The van der Waals surface area contributed by atoms with E-state index in [2.05, 4.69) is 10.8 Å². The number of rotatable bonds is 11. The van der Waals surface area contributed by atoms with Gasteiger partial charge in [0.05, 0.1) is 24.7 Å². The van der Waals surface area contributed by atoms with Crippen molar-refractivity contribution in [2.75, 3.05) is 6.61 Å². The number of hydrogen-bond acceptors (Lipinski definition) is 13. The Labute approximate surface area is 328 Å². The van der Waals surface area contributed by atoms with Gasteiger partial charge < -0.3 is 29.5 Å². The number of carboxylic acid groups (broad SMARTS) is 1. The molecule has 5 aliphatic rings. The summed E-state index contributed by atoms with van der Waals surface area (Å²) < 4.78 is 93.5. The number of carboxylic acids is 1. The molecule has 0 aromatic rings. The van der Waals surface area contributed by atoms with E-state index in [-0.39, 0.29) is 94.3 Å². The van der Waals surface area contributed by atoms with Crippen LogP contribution in [0, 0.1) is 40.4 Å². The molecular weight excluding hydrogens is 720 g/mol. The smallest absolute Gasteiger partial charge is 0.397 e. The fourth-order valence-corrected chi connectivity index (χ4v) is 10.8. The van der Waals surface area contributed by atoms with E-state index in [9.17, 15) is 50.8 Å². The number of esters is 1. The van der Waals surface area contributed by atoms with Gasteiger partial charge in [-0.25, -0.2) is 8.37 Å². The molecule has 275 valence electrons. The van der Waals surface area contributed by atoms with Gasteiger partial charge in [-0.05, 0) is 79.6 Å². The van der Waals surface area contributed by atoms with Crippen LogP contribution < -0.4 is 0 Å². The summed E-state index contributed by atoms with van der Waals surface area (Å²) in [7, 11) is -10.8. The summed E-state index contributed by atoms with van der Waals surface area (Å²) in [4.78, 5) is 25.7. The van der Waals surface area contributed by atoms with Crippen LogP contribution in [-0.4, -0.2) is 154 Å². The molecular formula is C30H46KO16S2. The number of fused-ring (bicyclic) bond motifs is 3. The molecule has 1 radical (unpaired) electrons. The van der Waals surface area contributed by atoms with E-state index in [0.29, 0.717) is 12.8 Å². The van der Waals surface area contributed by atoms with E-state index in [0.717, 1.165) is 24.8 Å². The largest absolute Gasteiger partial charge is 0.481 e. The second kappa shape index (κ2) is 15.3. The molecule has 16 nitrogen and oxygen atoms in total. The predicted molar refractivity (Wildman–Crippen MR) is 168 cm³/mol. The van der Waals surface area contributed by atoms with Crippen LogP contribution in [0.3, 0.4) is 0 Å². The summed E-state index contributed by atoms with van der Waals surface area (Å²) in [6.45, 7) is 8.52. The summed E-state index contributed by atoms with van der Waals surface area (Å²) >= 11 is 0. The van der Waals surface area contributed by atoms with Crippen molar-refractivity contribution < 1.29 is 73.4 Å². The molecule has 2 bridgehead atoms. The minimum Gasteiger partial charge on any atom is -0.481 e. The average Bonchev–Trinajstić information content (AvgIpc) is 3.12. The van der Waals surface area contributed by atoms with Crippen LogP contribution in [0.4, 0.5) is 0 Å². The third-order valence-corrected chi connectivity index (χ3v) is 12.4. The minimum absolute atomic E-state index is 0. The van der Waals surface area contributed by atoms with Crippen molar-refractivity contribution in [1.82, 2.24) is 0 Å². The zero-order chi connectivity index (χ0) is 35.6. The Balaban J connectivity index is 0.00000541. The van der Waals surface area contributed by atoms with Gasteiger partial charge in [0.2, 0.25) is 0 Å². The van der Waals surface area contributed by atoms with Gasteiger partial charge in [-0.2, -0.15) is 16.8 Å². The number of aliphatic hydroxyl groups excluding tert-OH is 2. The zero-order valence-electron chi connectivity index (χ0n) is 28.0. The topological polar surface area (TPSA) is 250 Å². The summed E-state index contributed by atoms with van der Waals surface area (Å²) in [6, 6.07) is 0. The van der Waals surface area contributed by atoms with E-state index < -0.39 is 99.0 Å². The first kappa shape index (κ1) is 41.6. The van der Waals surface area contributed by atoms with Gasteiger partial charge in [-0.3, -0.25) is 18.7 Å². The van der Waals surface area contributed by atoms with E-state index >= 15 is 0 Å². The number of aliphatic hydroxyl groups is 2. The molecule has 13 atom stereocenters. The summed E-state index contributed by atoms with van der Waals surface area (Å²) in [6.07, 6.45) is -7.93. The van der Waals surface area contributed by atoms with Crippen LogP contribution in [0.5, 0.6) is 0 Å². The monoisotopic (exact) mass is 765 g/mol. The molecule has 5 rings (SSSR count). The SMILES string of the molecule is C=C1[C@@H]2CC[C@H]3[C@]4(C)C[C@H](O[C@@H]5O[C@H](CO)[C@@H](OS(=O)(=O)O)[C@H](OS(=O)(=O)O)[C@H]5OC(=O)CC(C)C)CC(C(=O)O)[C@H]4CC[C@]3(C2)[C@H]1O.[K]. The molecule has 4 aliphatic carbocycles. The molecule has 1 unspecified atom stereocenters.